The lowest BCUT2D eigenvalue weighted by atomic mass is 10.1. The summed E-state index contributed by atoms with van der Waals surface area (Å²) in [5, 5.41) is 18.9. The summed E-state index contributed by atoms with van der Waals surface area (Å²) >= 11 is 0. The minimum absolute atomic E-state index is 0.103. The quantitative estimate of drug-likeness (QED) is 0.579. The molecule has 1 rings (SSSR count). The van der Waals surface area contributed by atoms with E-state index < -0.39 is 10.8 Å². The molecule has 1 aromatic rings. The first-order valence-electron chi connectivity index (χ1n) is 4.98. The summed E-state index contributed by atoms with van der Waals surface area (Å²) < 4.78 is 0. The summed E-state index contributed by atoms with van der Waals surface area (Å²) in [6.45, 7) is 4.56. The fraction of sp³-hybridized carbons (Fsp3) is 0.556. The van der Waals surface area contributed by atoms with Crippen LogP contribution in [0.2, 0.25) is 0 Å². The molecule has 2 N–H and O–H groups in total. The molecule has 1 amide bonds. The fourth-order valence-corrected chi connectivity index (χ4v) is 1.15. The van der Waals surface area contributed by atoms with Gasteiger partial charge in [-0.15, -0.1) is 0 Å². The molecule has 88 valence electrons. The minimum Gasteiger partial charge on any atom is -0.350 e. The van der Waals surface area contributed by atoms with Gasteiger partial charge in [0.15, 0.2) is 0 Å². The second-order valence-electron chi connectivity index (χ2n) is 3.83. The third-order valence-corrected chi connectivity index (χ3v) is 2.05. The third kappa shape index (κ3) is 3.04. The van der Waals surface area contributed by atoms with Gasteiger partial charge in [-0.1, -0.05) is 13.8 Å². The number of nitrogens with zero attached hydrogens (tertiary/aromatic N) is 2. The van der Waals surface area contributed by atoms with Crippen molar-refractivity contribution in [2.24, 2.45) is 5.92 Å². The van der Waals surface area contributed by atoms with Gasteiger partial charge in [0.1, 0.15) is 6.20 Å². The maximum absolute atomic E-state index is 11.5. The zero-order valence-corrected chi connectivity index (χ0v) is 9.19. The van der Waals surface area contributed by atoms with Gasteiger partial charge in [0.25, 0.3) is 5.91 Å². The van der Waals surface area contributed by atoms with E-state index in [2.05, 4.69) is 15.5 Å². The van der Waals surface area contributed by atoms with Crippen molar-refractivity contribution in [1.82, 2.24) is 15.5 Å². The molecule has 0 unspecified atom stereocenters. The average molecular weight is 226 g/mol. The monoisotopic (exact) mass is 226 g/mol. The lowest BCUT2D eigenvalue weighted by Gasteiger charge is -2.05. The van der Waals surface area contributed by atoms with Crippen LogP contribution in [0.4, 0.5) is 5.69 Å². The first kappa shape index (κ1) is 12.2. The van der Waals surface area contributed by atoms with Gasteiger partial charge in [-0.2, -0.15) is 5.10 Å². The Morgan fingerprint density at radius 3 is 2.94 bits per heavy atom. The third-order valence-electron chi connectivity index (χ3n) is 2.05. The SMILES string of the molecule is CC(C)CCNC(=O)c1[nH]ncc1[N+](=O)[O-]. The van der Waals surface area contributed by atoms with E-state index in [1.54, 1.807) is 0 Å². The summed E-state index contributed by atoms with van der Waals surface area (Å²) in [6.07, 6.45) is 1.85. The number of carbonyl (C=O) groups excluding carboxylic acids is 1. The van der Waals surface area contributed by atoms with Crippen molar-refractivity contribution in [3.63, 3.8) is 0 Å². The van der Waals surface area contributed by atoms with Gasteiger partial charge in [0.2, 0.25) is 5.69 Å². The first-order chi connectivity index (χ1) is 7.52. The first-order valence-corrected chi connectivity index (χ1v) is 4.98. The number of hydrogen-bond donors (Lipinski definition) is 2. The molecule has 0 saturated heterocycles. The van der Waals surface area contributed by atoms with Crippen LogP contribution >= 0.6 is 0 Å². The highest BCUT2D eigenvalue weighted by Crippen LogP contribution is 2.13. The zero-order valence-electron chi connectivity index (χ0n) is 9.19. The average Bonchev–Trinajstić information content (AvgIpc) is 2.65. The van der Waals surface area contributed by atoms with E-state index >= 15 is 0 Å². The lowest BCUT2D eigenvalue weighted by Crippen LogP contribution is -2.26. The van der Waals surface area contributed by atoms with Gasteiger partial charge in [-0.25, -0.2) is 0 Å². The highest BCUT2D eigenvalue weighted by Gasteiger charge is 2.22. The molecular weight excluding hydrogens is 212 g/mol. The fourth-order valence-electron chi connectivity index (χ4n) is 1.15. The Bertz CT molecular complexity index is 386. The molecule has 0 aliphatic heterocycles. The lowest BCUT2D eigenvalue weighted by molar-refractivity contribution is -0.385. The molecule has 7 nitrogen and oxygen atoms in total. The van der Waals surface area contributed by atoms with Crippen LogP contribution in [0, 0.1) is 16.0 Å². The highest BCUT2D eigenvalue weighted by atomic mass is 16.6. The number of aromatic nitrogens is 2. The van der Waals surface area contributed by atoms with Gasteiger partial charge in [0.05, 0.1) is 4.92 Å². The normalized spacial score (nSPS) is 10.4. The standard InChI is InChI=1S/C9H14N4O3/c1-6(2)3-4-10-9(14)8-7(13(15)16)5-11-12-8/h5-6H,3-4H2,1-2H3,(H,10,14)(H,11,12). The van der Waals surface area contributed by atoms with Crippen LogP contribution in [0.5, 0.6) is 0 Å². The Balaban J connectivity index is 2.59. The van der Waals surface area contributed by atoms with E-state index in [0.29, 0.717) is 12.5 Å². The van der Waals surface area contributed by atoms with E-state index in [4.69, 9.17) is 0 Å². The van der Waals surface area contributed by atoms with Crippen molar-refractivity contribution in [3.8, 4) is 0 Å². The van der Waals surface area contributed by atoms with E-state index in [9.17, 15) is 14.9 Å². The number of aromatic amines is 1. The summed E-state index contributed by atoms with van der Waals surface area (Å²) in [6, 6.07) is 0. The van der Waals surface area contributed by atoms with Crippen molar-refractivity contribution in [2.75, 3.05) is 6.54 Å². The Morgan fingerprint density at radius 2 is 2.38 bits per heavy atom. The maximum atomic E-state index is 11.5. The summed E-state index contributed by atoms with van der Waals surface area (Å²) in [5.41, 5.74) is -0.407. The number of H-pyrrole nitrogens is 1. The van der Waals surface area contributed by atoms with Crippen molar-refractivity contribution in [1.29, 1.82) is 0 Å². The molecule has 0 radical (unpaired) electrons. The number of carbonyl (C=O) groups is 1. The van der Waals surface area contributed by atoms with Crippen molar-refractivity contribution in [2.45, 2.75) is 20.3 Å². The number of nitro groups is 1. The topological polar surface area (TPSA) is 101 Å². The van der Waals surface area contributed by atoms with E-state index in [0.717, 1.165) is 12.6 Å². The summed E-state index contributed by atoms with van der Waals surface area (Å²) in [4.78, 5) is 21.4. The predicted octanol–water partition coefficient (Wildman–Crippen LogP) is 1.09. The largest absolute Gasteiger partial charge is 0.350 e. The molecule has 7 heteroatoms. The van der Waals surface area contributed by atoms with Crippen LogP contribution in [0.25, 0.3) is 0 Å². The van der Waals surface area contributed by atoms with Crippen molar-refractivity contribution < 1.29 is 9.72 Å². The van der Waals surface area contributed by atoms with Crippen LogP contribution < -0.4 is 5.32 Å². The van der Waals surface area contributed by atoms with Crippen molar-refractivity contribution >= 4 is 11.6 Å². The van der Waals surface area contributed by atoms with Gasteiger partial charge < -0.3 is 5.32 Å². The maximum Gasteiger partial charge on any atom is 0.319 e. The molecule has 0 aliphatic rings. The molecule has 0 spiro atoms. The molecule has 16 heavy (non-hydrogen) atoms. The van der Waals surface area contributed by atoms with E-state index in [-0.39, 0.29) is 11.4 Å². The van der Waals surface area contributed by atoms with Gasteiger partial charge >= 0.3 is 5.69 Å². The Labute approximate surface area is 92.4 Å². The molecule has 0 bridgehead atoms. The number of hydrogen-bond acceptors (Lipinski definition) is 4. The zero-order chi connectivity index (χ0) is 12.1. The molecule has 1 heterocycles. The second kappa shape index (κ2) is 5.24. The smallest absolute Gasteiger partial charge is 0.319 e. The molecule has 0 atom stereocenters. The molecule has 0 aliphatic carbocycles. The van der Waals surface area contributed by atoms with Gasteiger partial charge in [-0.05, 0) is 12.3 Å². The van der Waals surface area contributed by atoms with E-state index in [1.807, 2.05) is 13.8 Å². The van der Waals surface area contributed by atoms with Crippen LogP contribution in [0.15, 0.2) is 6.20 Å². The Hall–Kier alpha value is -1.92. The number of amides is 1. The summed E-state index contributed by atoms with van der Waals surface area (Å²) in [7, 11) is 0. The molecule has 0 fully saturated rings. The van der Waals surface area contributed by atoms with Crippen molar-refractivity contribution in [3.05, 3.63) is 22.0 Å². The Kier molecular flexibility index (Phi) is 3.98. The predicted molar refractivity (Wildman–Crippen MR) is 57.0 cm³/mol. The molecule has 1 aromatic heterocycles. The number of nitrogens with one attached hydrogen (secondary N) is 2. The van der Waals surface area contributed by atoms with Gasteiger partial charge in [0, 0.05) is 6.54 Å². The van der Waals surface area contributed by atoms with Gasteiger partial charge in [-0.3, -0.25) is 20.0 Å². The second-order valence-corrected chi connectivity index (χ2v) is 3.83. The van der Waals surface area contributed by atoms with E-state index in [1.165, 1.54) is 0 Å². The minimum atomic E-state index is -0.638. The number of rotatable bonds is 5. The molecule has 0 saturated carbocycles. The van der Waals surface area contributed by atoms with Crippen LogP contribution in [0.3, 0.4) is 0 Å². The molecule has 0 aromatic carbocycles. The molecular formula is C9H14N4O3. The Morgan fingerprint density at radius 1 is 1.69 bits per heavy atom. The van der Waals surface area contributed by atoms with Crippen LogP contribution in [0.1, 0.15) is 30.8 Å². The van der Waals surface area contributed by atoms with Crippen LogP contribution in [-0.4, -0.2) is 27.6 Å². The summed E-state index contributed by atoms with van der Waals surface area (Å²) in [5.74, 6) is -0.0260. The highest BCUT2D eigenvalue weighted by molar-refractivity contribution is 5.95. The van der Waals surface area contributed by atoms with Crippen LogP contribution in [-0.2, 0) is 0 Å².